The number of carbonyl (C=O) groups excluding carboxylic acids is 1. The van der Waals surface area contributed by atoms with E-state index >= 15 is 0 Å². The summed E-state index contributed by atoms with van der Waals surface area (Å²) in [7, 11) is 1.94. The third-order valence-corrected chi connectivity index (χ3v) is 4.50. The van der Waals surface area contributed by atoms with E-state index in [9.17, 15) is 4.79 Å². The lowest BCUT2D eigenvalue weighted by Crippen LogP contribution is -2.45. The van der Waals surface area contributed by atoms with Gasteiger partial charge in [0.1, 0.15) is 6.10 Å². The van der Waals surface area contributed by atoms with E-state index in [1.54, 1.807) is 6.20 Å². The highest BCUT2D eigenvalue weighted by Gasteiger charge is 2.22. The predicted octanol–water partition coefficient (Wildman–Crippen LogP) is 1.92. The number of nitrogens with zero attached hydrogens (tertiary/aromatic N) is 2. The molecule has 2 aromatic rings. The van der Waals surface area contributed by atoms with Crippen LogP contribution in [0.3, 0.4) is 0 Å². The number of imidazole rings is 1. The van der Waals surface area contributed by atoms with Crippen LogP contribution in [0.4, 0.5) is 5.69 Å². The number of carbonyl (C=O) groups is 1. The van der Waals surface area contributed by atoms with Crippen molar-refractivity contribution in [2.75, 3.05) is 25.0 Å². The van der Waals surface area contributed by atoms with Gasteiger partial charge in [0, 0.05) is 37.4 Å². The predicted molar refractivity (Wildman–Crippen MR) is 92.3 cm³/mol. The quantitative estimate of drug-likeness (QED) is 0.878. The number of hydrogen-bond acceptors (Lipinski definition) is 5. The first-order valence-corrected chi connectivity index (χ1v) is 7.93. The number of aromatic nitrogens is 2. The number of anilines is 1. The van der Waals surface area contributed by atoms with E-state index in [-0.39, 0.29) is 18.3 Å². The lowest BCUT2D eigenvalue weighted by molar-refractivity contribution is -0.128. The molecular formula is C15H19ClN4O2S. The Morgan fingerprint density at radius 1 is 1.48 bits per heavy atom. The fourth-order valence-electron chi connectivity index (χ4n) is 2.15. The Bertz CT molecular complexity index is 658. The molecule has 1 saturated heterocycles. The van der Waals surface area contributed by atoms with Crippen LogP contribution in [-0.2, 0) is 16.6 Å². The lowest BCUT2D eigenvalue weighted by atomic mass is 10.2. The maximum absolute atomic E-state index is 12.3. The average Bonchev–Trinajstić information content (AvgIpc) is 2.95. The topological polar surface area (TPSA) is 68.2 Å². The number of benzene rings is 1. The van der Waals surface area contributed by atoms with Crippen molar-refractivity contribution in [3.63, 3.8) is 0 Å². The molecule has 3 rings (SSSR count). The van der Waals surface area contributed by atoms with Gasteiger partial charge >= 0.3 is 0 Å². The SMILES string of the molecule is Cl.Cn1ccnc1Sc1ccccc1NC(=O)C1CNCCO1. The van der Waals surface area contributed by atoms with Gasteiger partial charge in [-0.25, -0.2) is 4.98 Å². The third kappa shape index (κ3) is 4.48. The summed E-state index contributed by atoms with van der Waals surface area (Å²) in [6, 6.07) is 7.70. The summed E-state index contributed by atoms with van der Waals surface area (Å²) in [6.45, 7) is 1.89. The van der Waals surface area contributed by atoms with E-state index in [1.165, 1.54) is 11.8 Å². The average molecular weight is 355 g/mol. The number of hydrogen-bond donors (Lipinski definition) is 2. The summed E-state index contributed by atoms with van der Waals surface area (Å²) in [4.78, 5) is 17.5. The van der Waals surface area contributed by atoms with Crippen molar-refractivity contribution >= 4 is 35.8 Å². The standard InChI is InChI=1S/C15H18N4O2S.ClH/c1-19-8-6-17-15(19)22-13-5-3-2-4-11(13)18-14(20)12-10-16-7-9-21-12;/h2-6,8,12,16H,7,9-10H2,1H3,(H,18,20);1H. The second kappa shape index (κ2) is 8.35. The number of nitrogens with one attached hydrogen (secondary N) is 2. The van der Waals surface area contributed by atoms with Crippen molar-refractivity contribution in [3.8, 4) is 0 Å². The number of ether oxygens (including phenoxy) is 1. The van der Waals surface area contributed by atoms with Gasteiger partial charge in [-0.05, 0) is 23.9 Å². The van der Waals surface area contributed by atoms with E-state index in [2.05, 4.69) is 15.6 Å². The molecule has 2 N–H and O–H groups in total. The van der Waals surface area contributed by atoms with Crippen molar-refractivity contribution in [2.24, 2.45) is 7.05 Å². The second-order valence-electron chi connectivity index (χ2n) is 4.97. The Morgan fingerprint density at radius 2 is 2.30 bits per heavy atom. The fourth-order valence-corrected chi connectivity index (χ4v) is 3.05. The van der Waals surface area contributed by atoms with Gasteiger partial charge in [0.05, 0.1) is 12.3 Å². The second-order valence-corrected chi connectivity index (χ2v) is 5.98. The van der Waals surface area contributed by atoms with Crippen molar-refractivity contribution < 1.29 is 9.53 Å². The summed E-state index contributed by atoms with van der Waals surface area (Å²) < 4.78 is 7.42. The van der Waals surface area contributed by atoms with Gasteiger partial charge in [-0.3, -0.25) is 4.79 Å². The van der Waals surface area contributed by atoms with Crippen molar-refractivity contribution in [2.45, 2.75) is 16.2 Å². The maximum Gasteiger partial charge on any atom is 0.254 e. The summed E-state index contributed by atoms with van der Waals surface area (Å²) in [5.74, 6) is -0.125. The Labute approximate surface area is 145 Å². The Balaban J connectivity index is 0.00000192. The van der Waals surface area contributed by atoms with E-state index < -0.39 is 6.10 Å². The minimum atomic E-state index is -0.444. The molecule has 1 aromatic carbocycles. The maximum atomic E-state index is 12.3. The van der Waals surface area contributed by atoms with Crippen molar-refractivity contribution in [3.05, 3.63) is 36.7 Å². The molecule has 1 unspecified atom stereocenters. The van der Waals surface area contributed by atoms with Crippen LogP contribution in [0.1, 0.15) is 0 Å². The van der Waals surface area contributed by atoms with E-state index in [4.69, 9.17) is 4.74 Å². The molecule has 0 saturated carbocycles. The first-order valence-electron chi connectivity index (χ1n) is 7.11. The van der Waals surface area contributed by atoms with Gasteiger partial charge in [-0.1, -0.05) is 12.1 Å². The zero-order chi connectivity index (χ0) is 15.4. The van der Waals surface area contributed by atoms with Crippen molar-refractivity contribution in [1.29, 1.82) is 0 Å². The van der Waals surface area contributed by atoms with E-state index in [1.807, 2.05) is 42.1 Å². The summed E-state index contributed by atoms with van der Waals surface area (Å²) in [5.41, 5.74) is 0.773. The first-order chi connectivity index (χ1) is 10.7. The third-order valence-electron chi connectivity index (χ3n) is 3.34. The molecule has 1 atom stereocenters. The highest BCUT2D eigenvalue weighted by molar-refractivity contribution is 7.99. The minimum absolute atomic E-state index is 0. The molecule has 1 fully saturated rings. The lowest BCUT2D eigenvalue weighted by Gasteiger charge is -2.23. The molecule has 1 aliphatic rings. The van der Waals surface area contributed by atoms with Gasteiger partial charge in [0.25, 0.3) is 5.91 Å². The zero-order valence-electron chi connectivity index (χ0n) is 12.7. The summed E-state index contributed by atoms with van der Waals surface area (Å²) >= 11 is 1.52. The smallest absolute Gasteiger partial charge is 0.254 e. The van der Waals surface area contributed by atoms with Crippen LogP contribution in [0, 0.1) is 0 Å². The van der Waals surface area contributed by atoms with E-state index in [0.717, 1.165) is 22.3 Å². The highest BCUT2D eigenvalue weighted by atomic mass is 35.5. The monoisotopic (exact) mass is 354 g/mol. The minimum Gasteiger partial charge on any atom is -0.366 e. The van der Waals surface area contributed by atoms with Crippen LogP contribution in [0.25, 0.3) is 0 Å². The van der Waals surface area contributed by atoms with Crippen LogP contribution in [0.5, 0.6) is 0 Å². The van der Waals surface area contributed by atoms with Crippen molar-refractivity contribution in [1.82, 2.24) is 14.9 Å². The molecule has 0 spiro atoms. The number of aryl methyl sites for hydroxylation is 1. The molecule has 0 bridgehead atoms. The first kappa shape index (κ1) is 17.8. The molecule has 1 amide bonds. The molecule has 124 valence electrons. The Hall–Kier alpha value is -1.54. The molecule has 1 aromatic heterocycles. The van der Waals surface area contributed by atoms with Gasteiger partial charge in [0.2, 0.25) is 0 Å². The van der Waals surface area contributed by atoms with Crippen LogP contribution >= 0.6 is 24.2 Å². The zero-order valence-corrected chi connectivity index (χ0v) is 14.3. The summed E-state index contributed by atoms with van der Waals surface area (Å²) in [6.07, 6.45) is 3.20. The number of rotatable bonds is 4. The fraction of sp³-hybridized carbons (Fsp3) is 0.333. The number of amides is 1. The molecule has 23 heavy (non-hydrogen) atoms. The molecule has 8 heteroatoms. The van der Waals surface area contributed by atoms with Crippen LogP contribution in [0.15, 0.2) is 46.7 Å². The normalized spacial score (nSPS) is 17.3. The number of para-hydroxylation sites is 1. The van der Waals surface area contributed by atoms with Gasteiger partial charge < -0.3 is 19.9 Å². The molecule has 6 nitrogen and oxygen atoms in total. The largest absolute Gasteiger partial charge is 0.366 e. The van der Waals surface area contributed by atoms with Gasteiger partial charge in [-0.15, -0.1) is 12.4 Å². The number of halogens is 1. The molecule has 1 aliphatic heterocycles. The summed E-state index contributed by atoms with van der Waals surface area (Å²) in [5, 5.41) is 6.98. The Kier molecular flexibility index (Phi) is 6.47. The highest BCUT2D eigenvalue weighted by Crippen LogP contribution is 2.32. The number of morpholine rings is 1. The van der Waals surface area contributed by atoms with Gasteiger partial charge in [0.15, 0.2) is 5.16 Å². The van der Waals surface area contributed by atoms with Gasteiger partial charge in [-0.2, -0.15) is 0 Å². The molecule has 0 aliphatic carbocycles. The molecule has 2 heterocycles. The van der Waals surface area contributed by atoms with E-state index in [0.29, 0.717) is 13.2 Å². The van der Waals surface area contributed by atoms with Crippen LogP contribution in [-0.4, -0.2) is 41.3 Å². The van der Waals surface area contributed by atoms with Crippen LogP contribution in [0.2, 0.25) is 0 Å². The molecule has 0 radical (unpaired) electrons. The molecular weight excluding hydrogens is 336 g/mol. The van der Waals surface area contributed by atoms with Crippen LogP contribution < -0.4 is 10.6 Å². The Morgan fingerprint density at radius 3 is 3.00 bits per heavy atom.